The molecule has 4 nitrogen and oxygen atoms in total. The minimum absolute atomic E-state index is 0.0138. The highest BCUT2D eigenvalue weighted by molar-refractivity contribution is 5.76. The third-order valence-electron chi connectivity index (χ3n) is 3.89. The minimum Gasteiger partial charge on any atom is -0.497 e. The molecule has 0 bridgehead atoms. The Morgan fingerprint density at radius 1 is 1.53 bits per heavy atom. The minimum atomic E-state index is -0.809. The van der Waals surface area contributed by atoms with Crippen molar-refractivity contribution in [3.8, 4) is 5.75 Å². The van der Waals surface area contributed by atoms with E-state index in [9.17, 15) is 4.79 Å². The number of anilines is 1. The number of carboxylic acid groups (broad SMARTS) is 1. The van der Waals surface area contributed by atoms with Gasteiger partial charge in [-0.15, -0.1) is 0 Å². The molecule has 1 aliphatic heterocycles. The van der Waals surface area contributed by atoms with E-state index < -0.39 is 5.97 Å². The molecule has 1 heterocycles. The molecule has 1 aromatic rings. The summed E-state index contributed by atoms with van der Waals surface area (Å²) >= 11 is 0. The van der Waals surface area contributed by atoms with E-state index in [0.29, 0.717) is 5.92 Å². The summed E-state index contributed by atoms with van der Waals surface area (Å²) in [7, 11) is 1.63. The molecule has 0 fully saturated rings. The summed E-state index contributed by atoms with van der Waals surface area (Å²) in [6, 6.07) is 5.92. The molecule has 2 rings (SSSR count). The summed E-state index contributed by atoms with van der Waals surface area (Å²) in [5, 5.41) is 9.14. The van der Waals surface area contributed by atoms with Crippen molar-refractivity contribution in [3.63, 3.8) is 0 Å². The van der Waals surface area contributed by atoms with Crippen molar-refractivity contribution in [2.45, 2.75) is 38.6 Å². The Morgan fingerprint density at radius 3 is 2.79 bits per heavy atom. The summed E-state index contributed by atoms with van der Waals surface area (Å²) in [5.41, 5.74) is 2.00. The molecule has 1 N–H and O–H groups in total. The van der Waals surface area contributed by atoms with Crippen LogP contribution >= 0.6 is 0 Å². The number of carbonyl (C=O) groups is 1. The molecule has 1 aromatic carbocycles. The van der Waals surface area contributed by atoms with Gasteiger partial charge < -0.3 is 14.7 Å². The number of ether oxygens (including phenoxy) is 1. The number of nitrogens with zero attached hydrogens (tertiary/aromatic N) is 1. The van der Waals surface area contributed by atoms with Gasteiger partial charge in [0.15, 0.2) is 0 Å². The summed E-state index contributed by atoms with van der Waals surface area (Å²) in [6.07, 6.45) is 0.944. The van der Waals surface area contributed by atoms with E-state index in [0.717, 1.165) is 17.9 Å². The van der Waals surface area contributed by atoms with E-state index in [4.69, 9.17) is 9.84 Å². The lowest BCUT2D eigenvalue weighted by Crippen LogP contribution is -2.50. The fourth-order valence-corrected chi connectivity index (χ4v) is 3.03. The van der Waals surface area contributed by atoms with Gasteiger partial charge in [-0.3, -0.25) is 4.79 Å². The maximum absolute atomic E-state index is 11.1. The molecule has 4 heteroatoms. The molecular weight excluding hydrogens is 242 g/mol. The molecule has 0 spiro atoms. The van der Waals surface area contributed by atoms with Crippen LogP contribution in [0.1, 0.15) is 38.7 Å². The molecule has 104 valence electrons. The summed E-state index contributed by atoms with van der Waals surface area (Å²) in [4.78, 5) is 13.1. The normalized spacial score (nSPS) is 20.8. The van der Waals surface area contributed by atoms with Crippen LogP contribution < -0.4 is 9.64 Å². The Kier molecular flexibility index (Phi) is 3.43. The quantitative estimate of drug-likeness (QED) is 0.911. The third-order valence-corrected chi connectivity index (χ3v) is 3.89. The molecule has 1 atom stereocenters. The lowest BCUT2D eigenvalue weighted by atomic mass is 9.80. The summed E-state index contributed by atoms with van der Waals surface area (Å²) in [6.45, 7) is 6.38. The van der Waals surface area contributed by atoms with Crippen LogP contribution in [0.5, 0.6) is 5.75 Å². The molecule has 0 radical (unpaired) electrons. The fourth-order valence-electron chi connectivity index (χ4n) is 3.03. The Balaban J connectivity index is 2.52. The van der Waals surface area contributed by atoms with Crippen LogP contribution in [-0.2, 0) is 4.79 Å². The molecule has 0 unspecified atom stereocenters. The number of rotatable bonds is 3. The van der Waals surface area contributed by atoms with Gasteiger partial charge in [-0.25, -0.2) is 0 Å². The van der Waals surface area contributed by atoms with E-state index in [1.165, 1.54) is 5.56 Å². The Bertz CT molecular complexity index is 496. The fraction of sp³-hybridized carbons (Fsp3) is 0.533. The monoisotopic (exact) mass is 263 g/mol. The number of fused-ring (bicyclic) bond motifs is 1. The Labute approximate surface area is 114 Å². The highest BCUT2D eigenvalue weighted by Crippen LogP contribution is 2.44. The first-order valence-corrected chi connectivity index (χ1v) is 6.52. The maximum Gasteiger partial charge on any atom is 0.323 e. The van der Waals surface area contributed by atoms with Crippen LogP contribution in [0.3, 0.4) is 0 Å². The van der Waals surface area contributed by atoms with Gasteiger partial charge in [-0.05, 0) is 37.8 Å². The number of hydrogen-bond donors (Lipinski definition) is 1. The van der Waals surface area contributed by atoms with Crippen molar-refractivity contribution in [1.82, 2.24) is 0 Å². The largest absolute Gasteiger partial charge is 0.497 e. The average Bonchev–Trinajstić information content (AvgIpc) is 2.33. The van der Waals surface area contributed by atoms with E-state index in [1.807, 2.05) is 23.1 Å². The third kappa shape index (κ3) is 2.53. The number of carboxylic acids is 1. The van der Waals surface area contributed by atoms with Gasteiger partial charge in [0.25, 0.3) is 0 Å². The first kappa shape index (κ1) is 13.7. The number of benzene rings is 1. The number of hydrogen-bond acceptors (Lipinski definition) is 3. The van der Waals surface area contributed by atoms with Gasteiger partial charge in [0.05, 0.1) is 7.11 Å². The van der Waals surface area contributed by atoms with E-state index >= 15 is 0 Å². The second kappa shape index (κ2) is 4.76. The standard InChI is InChI=1S/C15H21NO3/c1-10-8-15(2,3)16(9-14(17)18)13-7-11(19-4)5-6-12(10)13/h5-7,10H,8-9H2,1-4H3,(H,17,18)/t10-/m1/s1. The predicted molar refractivity (Wildman–Crippen MR) is 75.1 cm³/mol. The van der Waals surface area contributed by atoms with Gasteiger partial charge in [0, 0.05) is 17.3 Å². The zero-order chi connectivity index (χ0) is 14.2. The number of aliphatic carboxylic acids is 1. The van der Waals surface area contributed by atoms with Gasteiger partial charge in [-0.1, -0.05) is 13.0 Å². The van der Waals surface area contributed by atoms with Crippen LogP contribution in [0, 0.1) is 0 Å². The Morgan fingerprint density at radius 2 is 2.21 bits per heavy atom. The first-order chi connectivity index (χ1) is 8.85. The van der Waals surface area contributed by atoms with E-state index in [1.54, 1.807) is 7.11 Å². The van der Waals surface area contributed by atoms with Gasteiger partial charge in [0.2, 0.25) is 0 Å². The van der Waals surface area contributed by atoms with Crippen molar-refractivity contribution < 1.29 is 14.6 Å². The highest BCUT2D eigenvalue weighted by atomic mass is 16.5. The lowest BCUT2D eigenvalue weighted by molar-refractivity contribution is -0.135. The van der Waals surface area contributed by atoms with Crippen LogP contribution in [-0.4, -0.2) is 30.3 Å². The van der Waals surface area contributed by atoms with Crippen molar-refractivity contribution in [3.05, 3.63) is 23.8 Å². The molecule has 0 saturated carbocycles. The molecule has 0 aromatic heterocycles. The molecular formula is C15H21NO3. The van der Waals surface area contributed by atoms with Gasteiger partial charge in [0.1, 0.15) is 12.3 Å². The second-order valence-electron chi connectivity index (χ2n) is 5.82. The Hall–Kier alpha value is -1.71. The van der Waals surface area contributed by atoms with Crippen LogP contribution in [0.2, 0.25) is 0 Å². The van der Waals surface area contributed by atoms with Crippen molar-refractivity contribution in [2.75, 3.05) is 18.6 Å². The second-order valence-corrected chi connectivity index (χ2v) is 5.82. The van der Waals surface area contributed by atoms with Crippen molar-refractivity contribution in [2.24, 2.45) is 0 Å². The maximum atomic E-state index is 11.1. The first-order valence-electron chi connectivity index (χ1n) is 6.52. The van der Waals surface area contributed by atoms with Crippen molar-refractivity contribution >= 4 is 11.7 Å². The molecule has 19 heavy (non-hydrogen) atoms. The zero-order valence-corrected chi connectivity index (χ0v) is 11.9. The van der Waals surface area contributed by atoms with Crippen LogP contribution in [0.25, 0.3) is 0 Å². The lowest BCUT2D eigenvalue weighted by Gasteiger charge is -2.46. The average molecular weight is 263 g/mol. The number of methoxy groups -OCH3 is 1. The zero-order valence-electron chi connectivity index (χ0n) is 11.9. The van der Waals surface area contributed by atoms with Gasteiger partial charge >= 0.3 is 5.97 Å². The highest BCUT2D eigenvalue weighted by Gasteiger charge is 2.37. The smallest absolute Gasteiger partial charge is 0.323 e. The van der Waals surface area contributed by atoms with E-state index in [2.05, 4.69) is 20.8 Å². The molecule has 1 aliphatic rings. The molecule has 0 aliphatic carbocycles. The predicted octanol–water partition coefficient (Wildman–Crippen LogP) is 2.87. The molecule has 0 amide bonds. The van der Waals surface area contributed by atoms with Crippen molar-refractivity contribution in [1.29, 1.82) is 0 Å². The van der Waals surface area contributed by atoms with E-state index in [-0.39, 0.29) is 12.1 Å². The summed E-state index contributed by atoms with van der Waals surface area (Å²) in [5.74, 6) is 0.372. The van der Waals surface area contributed by atoms with Gasteiger partial charge in [-0.2, -0.15) is 0 Å². The van der Waals surface area contributed by atoms with Crippen LogP contribution in [0.4, 0.5) is 5.69 Å². The SMILES string of the molecule is COc1ccc2c(c1)N(CC(=O)O)C(C)(C)C[C@H]2C. The topological polar surface area (TPSA) is 49.8 Å². The summed E-state index contributed by atoms with van der Waals surface area (Å²) < 4.78 is 5.26. The molecule has 0 saturated heterocycles. The van der Waals surface area contributed by atoms with Crippen LogP contribution in [0.15, 0.2) is 18.2 Å².